The summed E-state index contributed by atoms with van der Waals surface area (Å²) in [6.07, 6.45) is 7.36. The Hall–Kier alpha value is -2.62. The molecule has 2 N–H and O–H groups in total. The molecule has 0 unspecified atom stereocenters. The van der Waals surface area contributed by atoms with Gasteiger partial charge in [-0.1, -0.05) is 34.4 Å². The van der Waals surface area contributed by atoms with Crippen molar-refractivity contribution < 1.29 is 19.8 Å². The molecule has 1 aliphatic rings. The molecule has 0 saturated carbocycles. The summed E-state index contributed by atoms with van der Waals surface area (Å²) in [5.41, 5.74) is 3.59. The van der Waals surface area contributed by atoms with Crippen LogP contribution < -0.4 is 0 Å². The van der Waals surface area contributed by atoms with Crippen LogP contribution in [-0.4, -0.2) is 21.8 Å². The quantitative estimate of drug-likeness (QED) is 0.419. The van der Waals surface area contributed by atoms with Crippen LogP contribution in [0, 0.1) is 5.41 Å². The standard InChI is InChI=1S/C25H32O4/c1-15(2)8-7-9-17(5)10-11-18(16(3)4)14-25(6)23(28)20-12-19(26)13-21(27)22(20)24(25)29/h8,10,12-13,26-27H,7,9,11,14H2,1-6H3/b17-10+/t25-/m0/s1. The second-order valence-electron chi connectivity index (χ2n) is 8.73. The van der Waals surface area contributed by atoms with Crippen LogP contribution in [0.3, 0.4) is 0 Å². The molecule has 0 spiro atoms. The van der Waals surface area contributed by atoms with E-state index in [2.05, 4.69) is 32.9 Å². The zero-order valence-electron chi connectivity index (χ0n) is 18.3. The highest BCUT2D eigenvalue weighted by atomic mass is 16.3. The first-order chi connectivity index (χ1) is 13.5. The van der Waals surface area contributed by atoms with E-state index in [1.807, 2.05) is 13.8 Å². The third-order valence-electron chi connectivity index (χ3n) is 5.64. The lowest BCUT2D eigenvalue weighted by atomic mass is 9.77. The highest BCUT2D eigenvalue weighted by molar-refractivity contribution is 6.30. The molecule has 0 fully saturated rings. The van der Waals surface area contributed by atoms with E-state index in [-0.39, 0.29) is 34.2 Å². The Morgan fingerprint density at radius 1 is 1.00 bits per heavy atom. The number of phenols is 2. The van der Waals surface area contributed by atoms with Crippen LogP contribution in [0.5, 0.6) is 11.5 Å². The lowest BCUT2D eigenvalue weighted by Crippen LogP contribution is -2.30. The number of fused-ring (bicyclic) bond motifs is 1. The Bertz CT molecular complexity index is 922. The van der Waals surface area contributed by atoms with Crippen molar-refractivity contribution in [2.45, 2.75) is 67.2 Å². The van der Waals surface area contributed by atoms with Gasteiger partial charge >= 0.3 is 0 Å². The zero-order chi connectivity index (χ0) is 21.9. The number of benzene rings is 1. The number of hydrogen-bond donors (Lipinski definition) is 2. The van der Waals surface area contributed by atoms with Crippen molar-refractivity contribution in [3.63, 3.8) is 0 Å². The van der Waals surface area contributed by atoms with Gasteiger partial charge in [-0.05, 0) is 73.3 Å². The molecular formula is C25H32O4. The molecule has 0 heterocycles. The summed E-state index contributed by atoms with van der Waals surface area (Å²) >= 11 is 0. The summed E-state index contributed by atoms with van der Waals surface area (Å²) < 4.78 is 0. The predicted octanol–water partition coefficient (Wildman–Crippen LogP) is 6.29. The molecule has 4 heteroatoms. The maximum Gasteiger partial charge on any atom is 0.181 e. The van der Waals surface area contributed by atoms with Crippen molar-refractivity contribution in [3.05, 3.63) is 57.7 Å². The number of Topliss-reactive ketones (excluding diaryl/α,β-unsaturated/α-hetero) is 2. The molecule has 1 aromatic rings. The largest absolute Gasteiger partial charge is 0.508 e. The van der Waals surface area contributed by atoms with Gasteiger partial charge in [0.1, 0.15) is 11.5 Å². The van der Waals surface area contributed by atoms with Gasteiger partial charge in [0, 0.05) is 11.6 Å². The van der Waals surface area contributed by atoms with Crippen molar-refractivity contribution in [1.82, 2.24) is 0 Å². The minimum atomic E-state index is -1.26. The molecule has 1 aromatic carbocycles. The summed E-state index contributed by atoms with van der Waals surface area (Å²) in [4.78, 5) is 26.1. The molecule has 0 bridgehead atoms. The summed E-state index contributed by atoms with van der Waals surface area (Å²) in [5.74, 6) is -1.27. The molecule has 2 rings (SSSR count). The minimum absolute atomic E-state index is 0.0249. The fourth-order valence-corrected chi connectivity index (χ4v) is 3.73. The summed E-state index contributed by atoms with van der Waals surface area (Å²) in [6, 6.07) is 2.38. The van der Waals surface area contributed by atoms with Gasteiger partial charge in [-0.3, -0.25) is 9.59 Å². The molecule has 0 aromatic heterocycles. The molecule has 29 heavy (non-hydrogen) atoms. The van der Waals surface area contributed by atoms with Crippen LogP contribution >= 0.6 is 0 Å². The van der Waals surface area contributed by atoms with Crippen LogP contribution in [0.15, 0.2) is 46.6 Å². The van der Waals surface area contributed by atoms with E-state index in [1.54, 1.807) is 6.92 Å². The van der Waals surface area contributed by atoms with Gasteiger partial charge in [0.15, 0.2) is 11.6 Å². The molecule has 1 atom stereocenters. The number of phenolic OH excluding ortho intramolecular Hbond substituents is 2. The summed E-state index contributed by atoms with van der Waals surface area (Å²) in [5, 5.41) is 19.8. The summed E-state index contributed by atoms with van der Waals surface area (Å²) in [6.45, 7) is 11.9. The second kappa shape index (κ2) is 8.81. The monoisotopic (exact) mass is 396 g/mol. The van der Waals surface area contributed by atoms with E-state index in [1.165, 1.54) is 17.2 Å². The Kier molecular flexibility index (Phi) is 6.89. The highest BCUT2D eigenvalue weighted by Gasteiger charge is 2.51. The van der Waals surface area contributed by atoms with Crippen LogP contribution in [-0.2, 0) is 0 Å². The normalized spacial score (nSPS) is 18.6. The van der Waals surface area contributed by atoms with Gasteiger partial charge in [-0.25, -0.2) is 0 Å². The minimum Gasteiger partial charge on any atom is -0.508 e. The molecule has 0 saturated heterocycles. The first kappa shape index (κ1) is 22.7. The van der Waals surface area contributed by atoms with Crippen molar-refractivity contribution in [3.8, 4) is 11.5 Å². The highest BCUT2D eigenvalue weighted by Crippen LogP contribution is 2.46. The van der Waals surface area contributed by atoms with Gasteiger partial charge < -0.3 is 10.2 Å². The van der Waals surface area contributed by atoms with Gasteiger partial charge in [0.25, 0.3) is 0 Å². The molecule has 0 radical (unpaired) electrons. The second-order valence-corrected chi connectivity index (χ2v) is 8.73. The van der Waals surface area contributed by atoms with Crippen molar-refractivity contribution in [2.24, 2.45) is 5.41 Å². The number of carbonyl (C=O) groups excluding carboxylic acids is 2. The number of aromatic hydroxyl groups is 2. The van der Waals surface area contributed by atoms with E-state index in [0.717, 1.165) is 30.1 Å². The average Bonchev–Trinajstić information content (AvgIpc) is 2.79. The smallest absolute Gasteiger partial charge is 0.181 e. The van der Waals surface area contributed by atoms with Crippen molar-refractivity contribution in [2.75, 3.05) is 0 Å². The summed E-state index contributed by atoms with van der Waals surface area (Å²) in [7, 11) is 0. The lowest BCUT2D eigenvalue weighted by Gasteiger charge is -2.23. The third kappa shape index (κ3) is 4.87. The van der Waals surface area contributed by atoms with E-state index < -0.39 is 5.41 Å². The molecule has 0 aliphatic heterocycles. The predicted molar refractivity (Wildman–Crippen MR) is 117 cm³/mol. The third-order valence-corrected chi connectivity index (χ3v) is 5.64. The number of rotatable bonds is 7. The molecular weight excluding hydrogens is 364 g/mol. The van der Waals surface area contributed by atoms with E-state index in [0.29, 0.717) is 12.8 Å². The fourth-order valence-electron chi connectivity index (χ4n) is 3.73. The van der Waals surface area contributed by atoms with E-state index in [9.17, 15) is 19.8 Å². The Morgan fingerprint density at radius 2 is 1.66 bits per heavy atom. The van der Waals surface area contributed by atoms with E-state index in [4.69, 9.17) is 0 Å². The SMILES string of the molecule is CC(C)=CCC/C(C)=C/CC(C[C@@]1(C)C(=O)c2cc(O)cc(O)c2C1=O)=C(C)C. The zero-order valence-corrected chi connectivity index (χ0v) is 18.3. The maximum atomic E-state index is 13.1. The molecule has 0 amide bonds. The number of hydrogen-bond acceptors (Lipinski definition) is 4. The van der Waals surface area contributed by atoms with Crippen molar-refractivity contribution in [1.29, 1.82) is 0 Å². The fraction of sp³-hybridized carbons (Fsp3) is 0.440. The number of ketones is 2. The number of allylic oxidation sites excluding steroid dienone is 6. The van der Waals surface area contributed by atoms with Crippen LogP contribution in [0.2, 0.25) is 0 Å². The Balaban J connectivity index is 2.24. The van der Waals surface area contributed by atoms with E-state index >= 15 is 0 Å². The van der Waals surface area contributed by atoms with Crippen LogP contribution in [0.1, 0.15) is 87.9 Å². The van der Waals surface area contributed by atoms with Gasteiger partial charge in [0.2, 0.25) is 0 Å². The first-order valence-electron chi connectivity index (χ1n) is 10.1. The topological polar surface area (TPSA) is 74.6 Å². The van der Waals surface area contributed by atoms with Gasteiger partial charge in [-0.2, -0.15) is 0 Å². The van der Waals surface area contributed by atoms with Crippen LogP contribution in [0.4, 0.5) is 0 Å². The maximum absolute atomic E-state index is 13.1. The molecule has 4 nitrogen and oxygen atoms in total. The number of carbonyl (C=O) groups is 2. The first-order valence-corrected chi connectivity index (χ1v) is 10.1. The average molecular weight is 397 g/mol. The van der Waals surface area contributed by atoms with Gasteiger partial charge in [0.05, 0.1) is 11.0 Å². The van der Waals surface area contributed by atoms with Gasteiger partial charge in [-0.15, -0.1) is 0 Å². The van der Waals surface area contributed by atoms with Crippen LogP contribution in [0.25, 0.3) is 0 Å². The molecule has 1 aliphatic carbocycles. The lowest BCUT2D eigenvalue weighted by molar-refractivity contribution is 0.0720. The Morgan fingerprint density at radius 3 is 2.24 bits per heavy atom. The molecule has 156 valence electrons. The Labute approximate surface area is 173 Å². The van der Waals surface area contributed by atoms with Crippen molar-refractivity contribution >= 4 is 11.6 Å².